The topological polar surface area (TPSA) is 56.5 Å². The van der Waals surface area contributed by atoms with Crippen LogP contribution >= 0.6 is 0 Å². The summed E-state index contributed by atoms with van der Waals surface area (Å²) in [5.74, 6) is 0.175. The monoisotopic (exact) mass is 384 g/mol. The lowest BCUT2D eigenvalue weighted by Gasteiger charge is -2.12. The molecule has 0 radical (unpaired) electrons. The molecule has 0 spiro atoms. The number of hydrogen-bond acceptors (Lipinski definition) is 4. The fourth-order valence-corrected chi connectivity index (χ4v) is 3.17. The van der Waals surface area contributed by atoms with Crippen LogP contribution in [0.5, 0.6) is 5.75 Å². The van der Waals surface area contributed by atoms with E-state index in [-0.39, 0.29) is 23.6 Å². The third-order valence-electron chi connectivity index (χ3n) is 4.97. The largest absolute Gasteiger partial charge is 0.478 e. The summed E-state index contributed by atoms with van der Waals surface area (Å²) in [5, 5.41) is 0.417. The highest BCUT2D eigenvalue weighted by Gasteiger charge is 2.19. The molecule has 0 atom stereocenters. The number of ether oxygens (including phenoxy) is 1. The van der Waals surface area contributed by atoms with E-state index in [0.29, 0.717) is 27.9 Å². The van der Waals surface area contributed by atoms with Crippen molar-refractivity contribution in [1.29, 1.82) is 0 Å². The Bertz CT molecular complexity index is 1250. The summed E-state index contributed by atoms with van der Waals surface area (Å²) in [7, 11) is 0. The van der Waals surface area contributed by atoms with Crippen LogP contribution in [0.25, 0.3) is 22.3 Å². The van der Waals surface area contributed by atoms with E-state index in [9.17, 15) is 9.59 Å². The first-order valence-corrected chi connectivity index (χ1v) is 9.39. The van der Waals surface area contributed by atoms with Crippen LogP contribution in [0.1, 0.15) is 21.5 Å². The molecule has 0 aliphatic carbocycles. The number of rotatable bonds is 5. The maximum absolute atomic E-state index is 13.1. The molecule has 0 bridgehead atoms. The molecule has 4 nitrogen and oxygen atoms in total. The van der Waals surface area contributed by atoms with Crippen LogP contribution in [-0.4, -0.2) is 12.4 Å². The van der Waals surface area contributed by atoms with Crippen LogP contribution in [0.2, 0.25) is 0 Å². The number of benzene rings is 3. The highest BCUT2D eigenvalue weighted by atomic mass is 16.5. The number of Topliss-reactive ketones (excluding diaryl/α,β-unsaturated/α-hetero) is 1. The summed E-state index contributed by atoms with van der Waals surface area (Å²) in [6.07, 6.45) is 0. The summed E-state index contributed by atoms with van der Waals surface area (Å²) in [6.45, 7) is 3.70. The van der Waals surface area contributed by atoms with Crippen LogP contribution in [0.4, 0.5) is 0 Å². The second-order valence-electron chi connectivity index (χ2n) is 6.96. The van der Waals surface area contributed by atoms with E-state index in [1.165, 1.54) is 0 Å². The lowest BCUT2D eigenvalue weighted by atomic mass is 10.0. The lowest BCUT2D eigenvalue weighted by molar-refractivity contribution is 0.0920. The minimum Gasteiger partial charge on any atom is -0.478 e. The molecule has 144 valence electrons. The third kappa shape index (κ3) is 3.69. The zero-order valence-electron chi connectivity index (χ0n) is 16.3. The Hall–Kier alpha value is -3.66. The molecule has 0 aliphatic rings. The number of ketones is 1. The molecule has 0 unspecified atom stereocenters. The lowest BCUT2D eigenvalue weighted by Crippen LogP contribution is -2.17. The van der Waals surface area contributed by atoms with Crippen LogP contribution in [0.3, 0.4) is 0 Å². The third-order valence-corrected chi connectivity index (χ3v) is 4.97. The van der Waals surface area contributed by atoms with E-state index in [2.05, 4.69) is 0 Å². The van der Waals surface area contributed by atoms with Crippen LogP contribution in [0.15, 0.2) is 82.0 Å². The van der Waals surface area contributed by atoms with E-state index in [1.807, 2.05) is 62.4 Å². The Morgan fingerprint density at radius 3 is 2.38 bits per heavy atom. The molecular formula is C25H20O4. The van der Waals surface area contributed by atoms with Crippen molar-refractivity contribution in [3.8, 4) is 17.1 Å². The van der Waals surface area contributed by atoms with Crippen molar-refractivity contribution in [2.45, 2.75) is 13.8 Å². The Kier molecular flexibility index (Phi) is 5.00. The van der Waals surface area contributed by atoms with E-state index in [0.717, 1.165) is 11.1 Å². The van der Waals surface area contributed by atoms with Crippen molar-refractivity contribution in [2.75, 3.05) is 6.61 Å². The molecule has 0 saturated heterocycles. The van der Waals surface area contributed by atoms with Crippen LogP contribution < -0.4 is 10.2 Å². The smallest absolute Gasteiger partial charge is 0.235 e. The Labute approximate surface area is 168 Å². The van der Waals surface area contributed by atoms with Crippen molar-refractivity contribution < 1.29 is 13.9 Å². The molecule has 1 heterocycles. The predicted molar refractivity (Wildman–Crippen MR) is 114 cm³/mol. The molecule has 4 heteroatoms. The standard InChI is InChI=1S/C25H20O4/c1-16-12-13-19(14-17(16)2)21(26)15-28-25-23(27)20-10-6-7-11-22(20)29-24(25)18-8-4-3-5-9-18/h3-14H,15H2,1-2H3. The van der Waals surface area contributed by atoms with Gasteiger partial charge in [-0.05, 0) is 43.2 Å². The number of para-hydroxylation sites is 1. The van der Waals surface area contributed by atoms with Gasteiger partial charge in [-0.2, -0.15) is 0 Å². The van der Waals surface area contributed by atoms with Crippen molar-refractivity contribution in [3.63, 3.8) is 0 Å². The van der Waals surface area contributed by atoms with Gasteiger partial charge in [0.1, 0.15) is 5.58 Å². The Morgan fingerprint density at radius 2 is 1.62 bits per heavy atom. The Balaban J connectivity index is 1.74. The van der Waals surface area contributed by atoms with E-state index >= 15 is 0 Å². The van der Waals surface area contributed by atoms with Gasteiger partial charge in [-0.3, -0.25) is 9.59 Å². The first kappa shape index (κ1) is 18.7. The molecule has 0 aliphatic heterocycles. The van der Waals surface area contributed by atoms with Gasteiger partial charge >= 0.3 is 0 Å². The van der Waals surface area contributed by atoms with E-state index in [4.69, 9.17) is 9.15 Å². The van der Waals surface area contributed by atoms with Gasteiger partial charge in [0, 0.05) is 11.1 Å². The normalized spacial score (nSPS) is 10.8. The molecular weight excluding hydrogens is 364 g/mol. The fraction of sp³-hybridized carbons (Fsp3) is 0.120. The van der Waals surface area contributed by atoms with Gasteiger partial charge in [-0.15, -0.1) is 0 Å². The predicted octanol–water partition coefficient (Wildman–Crippen LogP) is 5.34. The molecule has 1 aromatic heterocycles. The van der Waals surface area contributed by atoms with Gasteiger partial charge in [0.2, 0.25) is 11.2 Å². The van der Waals surface area contributed by atoms with Gasteiger partial charge in [0.15, 0.2) is 18.2 Å². The highest BCUT2D eigenvalue weighted by Crippen LogP contribution is 2.30. The second kappa shape index (κ2) is 7.76. The summed E-state index contributed by atoms with van der Waals surface area (Å²) < 4.78 is 11.8. The summed E-state index contributed by atoms with van der Waals surface area (Å²) in [4.78, 5) is 25.7. The molecule has 0 N–H and O–H groups in total. The van der Waals surface area contributed by atoms with Gasteiger partial charge in [0.25, 0.3) is 0 Å². The minimum absolute atomic E-state index is 0.0482. The number of aryl methyl sites for hydroxylation is 2. The summed E-state index contributed by atoms with van der Waals surface area (Å²) in [6, 6.07) is 21.8. The number of hydrogen-bond donors (Lipinski definition) is 0. The van der Waals surface area contributed by atoms with Gasteiger partial charge < -0.3 is 9.15 Å². The molecule has 0 amide bonds. The zero-order valence-corrected chi connectivity index (χ0v) is 16.3. The number of fused-ring (bicyclic) bond motifs is 1. The zero-order chi connectivity index (χ0) is 20.4. The summed E-state index contributed by atoms with van der Waals surface area (Å²) >= 11 is 0. The molecule has 0 saturated carbocycles. The van der Waals surface area contributed by atoms with Crippen molar-refractivity contribution >= 4 is 16.8 Å². The quantitative estimate of drug-likeness (QED) is 0.436. The fourth-order valence-electron chi connectivity index (χ4n) is 3.17. The van der Waals surface area contributed by atoms with Crippen molar-refractivity contribution in [3.05, 3.63) is 99.7 Å². The molecule has 3 aromatic carbocycles. The number of carbonyl (C=O) groups is 1. The first-order valence-electron chi connectivity index (χ1n) is 9.39. The minimum atomic E-state index is -0.293. The van der Waals surface area contributed by atoms with E-state index < -0.39 is 0 Å². The Morgan fingerprint density at radius 1 is 0.897 bits per heavy atom. The second-order valence-corrected chi connectivity index (χ2v) is 6.96. The van der Waals surface area contributed by atoms with Crippen LogP contribution in [-0.2, 0) is 0 Å². The molecule has 4 aromatic rings. The van der Waals surface area contributed by atoms with Gasteiger partial charge in [-0.25, -0.2) is 0 Å². The van der Waals surface area contributed by atoms with Crippen molar-refractivity contribution in [2.24, 2.45) is 0 Å². The molecule has 4 rings (SSSR count). The molecule has 0 fully saturated rings. The summed E-state index contributed by atoms with van der Waals surface area (Å²) in [5.41, 5.74) is 3.60. The highest BCUT2D eigenvalue weighted by molar-refractivity contribution is 5.97. The van der Waals surface area contributed by atoms with Gasteiger partial charge in [-0.1, -0.05) is 54.6 Å². The maximum Gasteiger partial charge on any atom is 0.235 e. The molecule has 29 heavy (non-hydrogen) atoms. The van der Waals surface area contributed by atoms with Gasteiger partial charge in [0.05, 0.1) is 5.39 Å². The maximum atomic E-state index is 13.1. The average molecular weight is 384 g/mol. The number of carbonyl (C=O) groups excluding carboxylic acids is 1. The van der Waals surface area contributed by atoms with Crippen LogP contribution in [0, 0.1) is 13.8 Å². The average Bonchev–Trinajstić information content (AvgIpc) is 2.75. The van der Waals surface area contributed by atoms with Crippen molar-refractivity contribution in [1.82, 2.24) is 0 Å². The SMILES string of the molecule is Cc1ccc(C(=O)COc2c(-c3ccccc3)oc3ccccc3c2=O)cc1C. The first-order chi connectivity index (χ1) is 14.0. The van der Waals surface area contributed by atoms with E-state index in [1.54, 1.807) is 24.3 Å².